The zero-order valence-electron chi connectivity index (χ0n) is 18.0. The molecule has 3 aromatic rings. The molecule has 0 amide bonds. The summed E-state index contributed by atoms with van der Waals surface area (Å²) in [6, 6.07) is 9.42. The minimum Gasteiger partial charge on any atom is -0.450 e. The van der Waals surface area contributed by atoms with Crippen LogP contribution in [0.4, 0.5) is 17.1 Å². The first-order chi connectivity index (χ1) is 16.1. The molecule has 4 heterocycles. The van der Waals surface area contributed by atoms with Crippen molar-refractivity contribution in [2.45, 2.75) is 37.7 Å². The third-order valence-corrected chi connectivity index (χ3v) is 7.19. The van der Waals surface area contributed by atoms with E-state index in [1.807, 2.05) is 30.3 Å². The van der Waals surface area contributed by atoms with E-state index in [1.54, 1.807) is 0 Å². The molecule has 0 saturated carbocycles. The molecule has 1 spiro atoms. The lowest BCUT2D eigenvalue weighted by Gasteiger charge is -2.40. The van der Waals surface area contributed by atoms with Gasteiger partial charge in [-0.25, -0.2) is 9.42 Å². The van der Waals surface area contributed by atoms with E-state index in [2.05, 4.69) is 20.1 Å². The number of hydrogen-bond donors (Lipinski definition) is 0. The van der Waals surface area contributed by atoms with Crippen LogP contribution in [0.2, 0.25) is 0 Å². The predicted molar refractivity (Wildman–Crippen MR) is 120 cm³/mol. The first kappa shape index (κ1) is 20.0. The van der Waals surface area contributed by atoms with Gasteiger partial charge in [0, 0.05) is 44.6 Å². The molecule has 0 aliphatic carbocycles. The van der Waals surface area contributed by atoms with Crippen molar-refractivity contribution < 1.29 is 19.1 Å². The van der Waals surface area contributed by atoms with Gasteiger partial charge >= 0.3 is 11.7 Å². The first-order valence-corrected chi connectivity index (χ1v) is 11.3. The molecule has 2 aromatic carbocycles. The van der Waals surface area contributed by atoms with Crippen LogP contribution >= 0.6 is 0 Å². The summed E-state index contributed by atoms with van der Waals surface area (Å²) in [5.74, 6) is -0.273. The number of carbonyl (C=O) groups is 1. The molecular weight excluding hydrogens is 426 g/mol. The lowest BCUT2D eigenvalue weighted by Crippen LogP contribution is -2.43. The maximum Gasteiger partial charge on any atom is 0.339 e. The van der Waals surface area contributed by atoms with E-state index in [9.17, 15) is 14.9 Å². The van der Waals surface area contributed by atoms with Gasteiger partial charge in [-0.3, -0.25) is 10.1 Å². The lowest BCUT2D eigenvalue weighted by atomic mass is 9.83. The van der Waals surface area contributed by atoms with E-state index in [4.69, 9.17) is 9.37 Å². The van der Waals surface area contributed by atoms with Gasteiger partial charge in [0.05, 0.1) is 16.2 Å². The van der Waals surface area contributed by atoms with Crippen molar-refractivity contribution in [2.75, 3.05) is 36.0 Å². The Morgan fingerprint density at radius 2 is 1.64 bits per heavy atom. The molecular formula is C23H23N5O5. The number of piperidine rings is 2. The standard InChI is InChI=1S/C23H23N5O5/c29-22-15-6-2-3-7-16(15)23(32-22)8-12-27(13-9-23)17-14-18(26-10-4-1-5-11-26)21(28(30)31)20-19(17)24-33-25-20/h2-3,6-7,14H,1,4-5,8-13H2. The molecule has 0 unspecified atom stereocenters. The van der Waals surface area contributed by atoms with Gasteiger partial charge in [-0.2, -0.15) is 0 Å². The molecule has 10 nitrogen and oxygen atoms in total. The fraction of sp³-hybridized carbons (Fsp3) is 0.435. The van der Waals surface area contributed by atoms with Gasteiger partial charge in [0.1, 0.15) is 11.3 Å². The van der Waals surface area contributed by atoms with Crippen LogP contribution in [-0.2, 0) is 10.3 Å². The SMILES string of the molecule is O=C1OC2(CCN(c3cc(N4CCCCC4)c([N+](=O)[O-])c4nonc34)CC2)c2ccccc21. The van der Waals surface area contributed by atoms with Crippen molar-refractivity contribution in [3.63, 3.8) is 0 Å². The smallest absolute Gasteiger partial charge is 0.339 e. The van der Waals surface area contributed by atoms with Gasteiger partial charge < -0.3 is 14.5 Å². The predicted octanol–water partition coefficient (Wildman–Crippen LogP) is 3.79. The number of fused-ring (bicyclic) bond motifs is 3. The molecule has 0 radical (unpaired) electrons. The van der Waals surface area contributed by atoms with Crippen LogP contribution in [0.5, 0.6) is 0 Å². The van der Waals surface area contributed by atoms with Crippen LogP contribution in [0.1, 0.15) is 48.0 Å². The Morgan fingerprint density at radius 3 is 2.39 bits per heavy atom. The summed E-state index contributed by atoms with van der Waals surface area (Å²) >= 11 is 0. The number of nitro groups is 1. The fourth-order valence-electron chi connectivity index (χ4n) is 5.52. The molecule has 3 aliphatic heterocycles. The number of rotatable bonds is 3. The third-order valence-electron chi connectivity index (χ3n) is 7.19. The van der Waals surface area contributed by atoms with Gasteiger partial charge in [-0.15, -0.1) is 0 Å². The summed E-state index contributed by atoms with van der Waals surface area (Å²) in [6.07, 6.45) is 4.37. The van der Waals surface area contributed by atoms with E-state index in [1.165, 1.54) is 0 Å². The second-order valence-corrected chi connectivity index (χ2v) is 8.95. The molecule has 10 heteroatoms. The van der Waals surface area contributed by atoms with Crippen molar-refractivity contribution in [1.29, 1.82) is 0 Å². The average Bonchev–Trinajstić information content (AvgIpc) is 3.43. The Balaban J connectivity index is 1.37. The van der Waals surface area contributed by atoms with Crippen molar-refractivity contribution in [2.24, 2.45) is 0 Å². The number of aromatic nitrogens is 2. The average molecular weight is 449 g/mol. The van der Waals surface area contributed by atoms with Crippen molar-refractivity contribution in [3.05, 3.63) is 51.6 Å². The maximum absolute atomic E-state index is 12.4. The van der Waals surface area contributed by atoms with Gasteiger partial charge in [-0.05, 0) is 41.7 Å². The topological polar surface area (TPSA) is 115 Å². The van der Waals surface area contributed by atoms with Crippen LogP contribution in [0.25, 0.3) is 11.0 Å². The quantitative estimate of drug-likeness (QED) is 0.334. The summed E-state index contributed by atoms with van der Waals surface area (Å²) in [5.41, 5.74) is 2.81. The zero-order chi connectivity index (χ0) is 22.6. The number of nitrogens with zero attached hydrogens (tertiary/aromatic N) is 5. The van der Waals surface area contributed by atoms with Crippen LogP contribution in [0.15, 0.2) is 35.0 Å². The number of benzene rings is 2. The fourth-order valence-corrected chi connectivity index (χ4v) is 5.52. The summed E-state index contributed by atoms with van der Waals surface area (Å²) in [7, 11) is 0. The van der Waals surface area contributed by atoms with Gasteiger partial charge in [0.15, 0.2) is 5.52 Å². The summed E-state index contributed by atoms with van der Waals surface area (Å²) in [4.78, 5) is 28.2. The molecule has 2 saturated heterocycles. The van der Waals surface area contributed by atoms with Crippen LogP contribution in [-0.4, -0.2) is 47.4 Å². The van der Waals surface area contributed by atoms with E-state index in [0.29, 0.717) is 42.7 Å². The first-order valence-electron chi connectivity index (χ1n) is 11.3. The van der Waals surface area contributed by atoms with Crippen molar-refractivity contribution >= 4 is 34.1 Å². The number of esters is 1. The van der Waals surface area contributed by atoms with Crippen molar-refractivity contribution in [1.82, 2.24) is 10.3 Å². The molecule has 0 atom stereocenters. The molecule has 1 aromatic heterocycles. The highest BCUT2D eigenvalue weighted by molar-refractivity contribution is 6.00. The maximum atomic E-state index is 12.4. The highest BCUT2D eigenvalue weighted by atomic mass is 16.6. The van der Waals surface area contributed by atoms with Crippen LogP contribution in [0.3, 0.4) is 0 Å². The second kappa shape index (κ2) is 7.43. The number of carbonyl (C=O) groups excluding carboxylic acids is 1. The van der Waals surface area contributed by atoms with Gasteiger partial charge in [-0.1, -0.05) is 18.2 Å². The van der Waals surface area contributed by atoms with Gasteiger partial charge in [0.25, 0.3) is 0 Å². The third kappa shape index (κ3) is 3.04. The van der Waals surface area contributed by atoms with Gasteiger partial charge in [0.2, 0.25) is 5.52 Å². The van der Waals surface area contributed by atoms with Crippen LogP contribution in [0, 0.1) is 10.1 Å². The highest BCUT2D eigenvalue weighted by Crippen LogP contribution is 2.47. The molecule has 2 fully saturated rings. The highest BCUT2D eigenvalue weighted by Gasteiger charge is 2.47. The molecule has 170 valence electrons. The monoisotopic (exact) mass is 449 g/mol. The normalized spacial score (nSPS) is 19.7. The molecule has 0 N–H and O–H groups in total. The van der Waals surface area contributed by atoms with Crippen LogP contribution < -0.4 is 9.80 Å². The van der Waals surface area contributed by atoms with E-state index in [-0.39, 0.29) is 22.1 Å². The largest absolute Gasteiger partial charge is 0.450 e. The summed E-state index contributed by atoms with van der Waals surface area (Å²) in [5, 5.41) is 19.9. The Labute approximate surface area is 189 Å². The van der Waals surface area contributed by atoms with E-state index >= 15 is 0 Å². The zero-order valence-corrected chi connectivity index (χ0v) is 18.0. The number of anilines is 2. The Bertz CT molecular complexity index is 1260. The summed E-state index contributed by atoms with van der Waals surface area (Å²) in [6.45, 7) is 2.77. The second-order valence-electron chi connectivity index (χ2n) is 8.95. The lowest BCUT2D eigenvalue weighted by molar-refractivity contribution is -0.382. The Morgan fingerprint density at radius 1 is 0.939 bits per heavy atom. The molecule has 3 aliphatic rings. The Kier molecular flexibility index (Phi) is 4.49. The molecule has 6 rings (SSSR count). The Hall–Kier alpha value is -3.69. The van der Waals surface area contributed by atoms with E-state index in [0.717, 1.165) is 43.6 Å². The van der Waals surface area contributed by atoms with E-state index < -0.39 is 5.60 Å². The minimum atomic E-state index is -0.623. The number of nitro benzene ring substituents is 1. The van der Waals surface area contributed by atoms with Crippen molar-refractivity contribution in [3.8, 4) is 0 Å². The minimum absolute atomic E-state index is 0.0518. The number of hydrogen-bond acceptors (Lipinski definition) is 9. The summed E-state index contributed by atoms with van der Waals surface area (Å²) < 4.78 is 10.8. The number of ether oxygens (including phenoxy) is 1. The molecule has 33 heavy (non-hydrogen) atoms. The molecule has 0 bridgehead atoms.